The lowest BCUT2D eigenvalue weighted by molar-refractivity contribution is -0.128. The molecule has 0 N–H and O–H groups in total. The van der Waals surface area contributed by atoms with Gasteiger partial charge in [-0.2, -0.15) is 0 Å². The van der Waals surface area contributed by atoms with Crippen LogP contribution >= 0.6 is 11.3 Å². The molecule has 0 bridgehead atoms. The van der Waals surface area contributed by atoms with Gasteiger partial charge in [-0.1, -0.05) is 43.2 Å². The van der Waals surface area contributed by atoms with E-state index in [0.717, 1.165) is 37.8 Å². The van der Waals surface area contributed by atoms with Crippen molar-refractivity contribution in [2.24, 2.45) is 0 Å². The molecule has 0 radical (unpaired) electrons. The van der Waals surface area contributed by atoms with Gasteiger partial charge < -0.3 is 9.64 Å². The summed E-state index contributed by atoms with van der Waals surface area (Å²) in [6.07, 6.45) is 4.41. The third-order valence-electron chi connectivity index (χ3n) is 5.45. The highest BCUT2D eigenvalue weighted by atomic mass is 32.1. The molecule has 1 aromatic heterocycles. The molecule has 0 saturated carbocycles. The van der Waals surface area contributed by atoms with E-state index in [-0.39, 0.29) is 11.8 Å². The molecule has 2 aromatic rings. The number of benzene rings is 1. The molecule has 8 heteroatoms. The smallest absolute Gasteiger partial charge is 0.350 e. The zero-order valence-corrected chi connectivity index (χ0v) is 19.9. The van der Waals surface area contributed by atoms with Crippen molar-refractivity contribution in [3.05, 3.63) is 46.0 Å². The number of hydrogen-bond acceptors (Lipinski definition) is 6. The van der Waals surface area contributed by atoms with Crippen LogP contribution in [0.2, 0.25) is 0 Å². The van der Waals surface area contributed by atoms with Gasteiger partial charge >= 0.3 is 5.97 Å². The molecule has 1 aliphatic heterocycles. The minimum absolute atomic E-state index is 0.144. The van der Waals surface area contributed by atoms with E-state index in [4.69, 9.17) is 4.74 Å². The maximum Gasteiger partial charge on any atom is 0.350 e. The molecule has 3 rings (SSSR count). The second kappa shape index (κ2) is 11.2. The molecule has 32 heavy (non-hydrogen) atoms. The fourth-order valence-corrected chi connectivity index (χ4v) is 4.67. The first-order chi connectivity index (χ1) is 15.4. The summed E-state index contributed by atoms with van der Waals surface area (Å²) in [5.74, 6) is -0.367. The molecule has 1 saturated heterocycles. The summed E-state index contributed by atoms with van der Waals surface area (Å²) >= 11 is 1.20. The number of carbonyl (C=O) groups excluding carboxylic acids is 3. The van der Waals surface area contributed by atoms with Gasteiger partial charge in [0.25, 0.3) is 5.91 Å². The van der Waals surface area contributed by atoms with E-state index in [1.54, 1.807) is 30.9 Å². The maximum atomic E-state index is 13.4. The highest BCUT2D eigenvalue weighted by Gasteiger charge is 2.25. The van der Waals surface area contributed by atoms with Crippen molar-refractivity contribution in [2.75, 3.05) is 24.6 Å². The number of thiazole rings is 1. The molecule has 0 spiro atoms. The number of rotatable bonds is 10. The van der Waals surface area contributed by atoms with Crippen LogP contribution in [0.15, 0.2) is 24.3 Å². The Kier molecular flexibility index (Phi) is 8.39. The molecule has 1 aromatic carbocycles. The molecule has 2 amide bonds. The second-order valence-electron chi connectivity index (χ2n) is 7.91. The molecule has 0 unspecified atom stereocenters. The lowest BCUT2D eigenvalue weighted by Crippen LogP contribution is -2.32. The Bertz CT molecular complexity index is 955. The van der Waals surface area contributed by atoms with Crippen molar-refractivity contribution < 1.29 is 19.1 Å². The van der Waals surface area contributed by atoms with Crippen molar-refractivity contribution in [1.29, 1.82) is 0 Å². The Hall–Kier alpha value is -2.74. The Morgan fingerprint density at radius 2 is 1.94 bits per heavy atom. The van der Waals surface area contributed by atoms with Crippen molar-refractivity contribution in [1.82, 2.24) is 9.88 Å². The molecule has 2 heterocycles. The van der Waals surface area contributed by atoms with Gasteiger partial charge in [-0.05, 0) is 44.4 Å². The third-order valence-corrected chi connectivity index (χ3v) is 6.61. The average molecular weight is 458 g/mol. The summed E-state index contributed by atoms with van der Waals surface area (Å²) in [6.45, 7) is 7.82. The van der Waals surface area contributed by atoms with Gasteiger partial charge in [0.1, 0.15) is 4.88 Å². The normalized spacial score (nSPS) is 13.5. The lowest BCUT2D eigenvalue weighted by atomic mass is 10.1. The van der Waals surface area contributed by atoms with Gasteiger partial charge in [-0.25, -0.2) is 9.78 Å². The lowest BCUT2D eigenvalue weighted by Gasteiger charge is -2.20. The van der Waals surface area contributed by atoms with Crippen molar-refractivity contribution >= 4 is 34.3 Å². The third kappa shape index (κ3) is 5.73. The van der Waals surface area contributed by atoms with Crippen LogP contribution in [0.3, 0.4) is 0 Å². The van der Waals surface area contributed by atoms with Crippen LogP contribution in [0, 0.1) is 6.92 Å². The van der Waals surface area contributed by atoms with Crippen LogP contribution in [0.25, 0.3) is 0 Å². The molecule has 172 valence electrons. The summed E-state index contributed by atoms with van der Waals surface area (Å²) < 4.78 is 5.12. The number of aryl methyl sites for hydroxylation is 1. The van der Waals surface area contributed by atoms with Gasteiger partial charge in [0, 0.05) is 31.6 Å². The summed E-state index contributed by atoms with van der Waals surface area (Å²) in [7, 11) is 0. The zero-order valence-electron chi connectivity index (χ0n) is 19.1. The molecule has 1 fully saturated rings. The fourth-order valence-electron chi connectivity index (χ4n) is 3.69. The topological polar surface area (TPSA) is 79.8 Å². The number of hydrogen-bond donors (Lipinski definition) is 0. The monoisotopic (exact) mass is 457 g/mol. The van der Waals surface area contributed by atoms with Gasteiger partial charge in [-0.15, -0.1) is 0 Å². The number of aromatic nitrogens is 1. The van der Waals surface area contributed by atoms with E-state index in [1.165, 1.54) is 11.3 Å². The van der Waals surface area contributed by atoms with Crippen molar-refractivity contribution in [3.63, 3.8) is 0 Å². The maximum absolute atomic E-state index is 13.4. The number of esters is 1. The van der Waals surface area contributed by atoms with E-state index in [1.807, 2.05) is 17.0 Å². The molecule has 1 aliphatic rings. The van der Waals surface area contributed by atoms with Gasteiger partial charge in [0.15, 0.2) is 5.13 Å². The SMILES string of the molecule is CCCCCN(C(=O)c1ccc(CN2CCCC2=O)cc1)c1nc(C)c(C(=O)OCC)s1. The first-order valence-corrected chi connectivity index (χ1v) is 12.1. The Morgan fingerprint density at radius 3 is 2.56 bits per heavy atom. The number of likely N-dealkylation sites (tertiary alicyclic amines) is 1. The Morgan fingerprint density at radius 1 is 1.19 bits per heavy atom. The number of carbonyl (C=O) groups is 3. The zero-order chi connectivity index (χ0) is 23.1. The quantitative estimate of drug-likeness (QED) is 0.385. The summed E-state index contributed by atoms with van der Waals surface area (Å²) in [5, 5.41) is 0.512. The number of nitrogens with zero attached hydrogens (tertiary/aromatic N) is 3. The Labute approximate surface area is 193 Å². The second-order valence-corrected chi connectivity index (χ2v) is 8.89. The van der Waals surface area contributed by atoms with E-state index in [2.05, 4.69) is 11.9 Å². The van der Waals surface area contributed by atoms with Crippen molar-refractivity contribution in [2.45, 2.75) is 59.4 Å². The standard InChI is InChI=1S/C24H31N3O4S/c1-4-6-7-15-27(24-25-17(3)21(32-24)23(30)31-5-2)22(29)19-12-10-18(11-13-19)16-26-14-8-9-20(26)28/h10-13H,4-9,14-16H2,1-3H3. The van der Waals surface area contributed by atoms with Gasteiger partial charge in [0.2, 0.25) is 5.91 Å². The van der Waals surface area contributed by atoms with Crippen LogP contribution in [0.4, 0.5) is 5.13 Å². The largest absolute Gasteiger partial charge is 0.462 e. The van der Waals surface area contributed by atoms with Crippen LogP contribution in [0.1, 0.15) is 77.2 Å². The summed E-state index contributed by atoms with van der Waals surface area (Å²) in [5.41, 5.74) is 2.13. The number of ether oxygens (including phenoxy) is 1. The molecule has 0 atom stereocenters. The first kappa shape index (κ1) is 23.9. The molecular formula is C24H31N3O4S. The van der Waals surface area contributed by atoms with Gasteiger partial charge in [-0.3, -0.25) is 14.5 Å². The molecule has 7 nitrogen and oxygen atoms in total. The number of unbranched alkanes of at least 4 members (excludes halogenated alkanes) is 2. The molecule has 0 aliphatic carbocycles. The van der Waals surface area contributed by atoms with Crippen LogP contribution < -0.4 is 4.90 Å². The minimum Gasteiger partial charge on any atom is -0.462 e. The Balaban J connectivity index is 1.79. The summed E-state index contributed by atoms with van der Waals surface area (Å²) in [6, 6.07) is 7.41. The van der Waals surface area contributed by atoms with Crippen LogP contribution in [-0.4, -0.2) is 47.4 Å². The predicted molar refractivity (Wildman–Crippen MR) is 125 cm³/mol. The highest BCUT2D eigenvalue weighted by molar-refractivity contribution is 7.17. The number of amides is 2. The van der Waals surface area contributed by atoms with Gasteiger partial charge in [0.05, 0.1) is 12.3 Å². The van der Waals surface area contributed by atoms with E-state index >= 15 is 0 Å². The van der Waals surface area contributed by atoms with E-state index < -0.39 is 5.97 Å². The average Bonchev–Trinajstić information content (AvgIpc) is 3.37. The van der Waals surface area contributed by atoms with E-state index in [0.29, 0.717) is 47.4 Å². The van der Waals surface area contributed by atoms with Crippen molar-refractivity contribution in [3.8, 4) is 0 Å². The predicted octanol–water partition coefficient (Wildman–Crippen LogP) is 4.59. The fraction of sp³-hybridized carbons (Fsp3) is 0.500. The summed E-state index contributed by atoms with van der Waals surface area (Å²) in [4.78, 5) is 45.9. The van der Waals surface area contributed by atoms with Crippen LogP contribution in [-0.2, 0) is 16.1 Å². The number of anilines is 1. The first-order valence-electron chi connectivity index (χ1n) is 11.3. The molecular weight excluding hydrogens is 426 g/mol. The highest BCUT2D eigenvalue weighted by Crippen LogP contribution is 2.28. The van der Waals surface area contributed by atoms with E-state index in [9.17, 15) is 14.4 Å². The minimum atomic E-state index is -0.407. The van der Waals surface area contributed by atoms with Crippen LogP contribution in [0.5, 0.6) is 0 Å².